The molecular weight excluding hydrogens is 436 g/mol. The first kappa shape index (κ1) is 26.4. The van der Waals surface area contributed by atoms with Crippen molar-refractivity contribution in [2.45, 2.75) is 89.1 Å². The summed E-state index contributed by atoms with van der Waals surface area (Å²) in [6, 6.07) is -1.57. The van der Waals surface area contributed by atoms with Crippen LogP contribution < -0.4 is 0 Å². The van der Waals surface area contributed by atoms with Crippen LogP contribution in [-0.4, -0.2) is 81.8 Å². The molecule has 8 nitrogen and oxygen atoms in total. The van der Waals surface area contributed by atoms with E-state index in [1.807, 2.05) is 13.8 Å². The van der Waals surface area contributed by atoms with Crippen molar-refractivity contribution in [2.24, 2.45) is 11.8 Å². The predicted octanol–water partition coefficient (Wildman–Crippen LogP) is 2.45. The van der Waals surface area contributed by atoms with Crippen LogP contribution in [0, 0.1) is 11.8 Å². The number of likely N-dealkylation sites (tertiary alicyclic amines) is 1. The highest BCUT2D eigenvalue weighted by atomic mass is 16.6. The lowest BCUT2D eigenvalue weighted by molar-refractivity contribution is -0.162. The average molecular weight is 477 g/mol. The molecular formula is C26H40N2O6. The first-order chi connectivity index (χ1) is 16.1. The van der Waals surface area contributed by atoms with Gasteiger partial charge in [0.1, 0.15) is 17.6 Å². The van der Waals surface area contributed by atoms with Crippen LogP contribution in [0.15, 0.2) is 25.3 Å². The zero-order chi connectivity index (χ0) is 25.3. The Morgan fingerprint density at radius 2 is 2.03 bits per heavy atom. The molecule has 8 heteroatoms. The molecule has 2 amide bonds. The molecule has 7 atom stereocenters. The minimum absolute atomic E-state index is 0.0545. The lowest BCUT2D eigenvalue weighted by atomic mass is 9.66. The summed E-state index contributed by atoms with van der Waals surface area (Å²) in [6.45, 7) is 15.3. The summed E-state index contributed by atoms with van der Waals surface area (Å²) in [5.74, 6) is -2.64. The smallest absolute Gasteiger partial charge is 0.312 e. The number of hydrogen-bond donors (Lipinski definition) is 1. The number of nitrogens with zero attached hydrogens (tertiary/aromatic N) is 2. The summed E-state index contributed by atoms with van der Waals surface area (Å²) in [4.78, 5) is 44.4. The van der Waals surface area contributed by atoms with Crippen molar-refractivity contribution in [2.75, 3.05) is 19.8 Å². The first-order valence-corrected chi connectivity index (χ1v) is 12.5. The molecule has 190 valence electrons. The molecule has 34 heavy (non-hydrogen) atoms. The molecule has 2 bridgehead atoms. The summed E-state index contributed by atoms with van der Waals surface area (Å²) in [5.41, 5.74) is -2.00. The first-order valence-electron chi connectivity index (χ1n) is 12.5. The van der Waals surface area contributed by atoms with E-state index in [1.165, 1.54) is 4.90 Å². The number of aliphatic hydroxyl groups excluding tert-OH is 1. The van der Waals surface area contributed by atoms with Gasteiger partial charge in [0.15, 0.2) is 0 Å². The number of hydrogen-bond acceptors (Lipinski definition) is 6. The number of ether oxygens (including phenoxy) is 2. The van der Waals surface area contributed by atoms with Gasteiger partial charge in [-0.05, 0) is 46.5 Å². The normalized spacial score (nSPS) is 33.4. The molecule has 3 heterocycles. The van der Waals surface area contributed by atoms with E-state index in [4.69, 9.17) is 9.47 Å². The minimum Gasteiger partial charge on any atom is -0.465 e. The highest BCUT2D eigenvalue weighted by molar-refractivity contribution is 5.98. The van der Waals surface area contributed by atoms with Crippen LogP contribution in [0.1, 0.15) is 59.8 Å². The van der Waals surface area contributed by atoms with Crippen molar-refractivity contribution in [3.8, 4) is 0 Å². The second kappa shape index (κ2) is 10.2. The molecule has 3 rings (SSSR count). The Morgan fingerprint density at radius 3 is 2.62 bits per heavy atom. The van der Waals surface area contributed by atoms with Crippen LogP contribution >= 0.6 is 0 Å². The molecule has 0 radical (unpaired) electrons. The molecule has 0 aromatic rings. The van der Waals surface area contributed by atoms with E-state index in [2.05, 4.69) is 20.1 Å². The van der Waals surface area contributed by atoms with E-state index < -0.39 is 41.1 Å². The molecule has 0 aromatic heterocycles. The Labute approximate surface area is 202 Å². The van der Waals surface area contributed by atoms with Crippen molar-refractivity contribution >= 4 is 17.8 Å². The highest BCUT2D eigenvalue weighted by Crippen LogP contribution is 2.63. The molecule has 3 saturated heterocycles. The fourth-order valence-corrected chi connectivity index (χ4v) is 6.25. The van der Waals surface area contributed by atoms with E-state index in [9.17, 15) is 19.5 Å². The van der Waals surface area contributed by atoms with E-state index in [0.29, 0.717) is 25.8 Å². The van der Waals surface area contributed by atoms with Gasteiger partial charge in [-0.2, -0.15) is 0 Å². The number of aliphatic hydroxyl groups is 1. The second-order valence-electron chi connectivity index (χ2n) is 10.2. The molecule has 3 aliphatic heterocycles. The maximum Gasteiger partial charge on any atom is 0.312 e. The molecule has 1 N–H and O–H groups in total. The van der Waals surface area contributed by atoms with Crippen molar-refractivity contribution in [3.05, 3.63) is 25.3 Å². The van der Waals surface area contributed by atoms with Crippen molar-refractivity contribution in [1.82, 2.24) is 9.80 Å². The lowest BCUT2D eigenvalue weighted by Crippen LogP contribution is -2.59. The lowest BCUT2D eigenvalue weighted by Gasteiger charge is -2.40. The summed E-state index contributed by atoms with van der Waals surface area (Å²) >= 11 is 0. The van der Waals surface area contributed by atoms with Crippen molar-refractivity contribution < 1.29 is 29.0 Å². The average Bonchev–Trinajstić information content (AvgIpc) is 3.37. The van der Waals surface area contributed by atoms with Gasteiger partial charge in [-0.3, -0.25) is 14.4 Å². The maximum absolute atomic E-state index is 14.1. The van der Waals surface area contributed by atoms with Crippen molar-refractivity contribution in [1.29, 1.82) is 0 Å². The Bertz CT molecular complexity index is 830. The molecule has 0 saturated carbocycles. The van der Waals surface area contributed by atoms with Gasteiger partial charge >= 0.3 is 5.97 Å². The third kappa shape index (κ3) is 4.09. The van der Waals surface area contributed by atoms with Gasteiger partial charge in [-0.1, -0.05) is 25.5 Å². The molecule has 0 aliphatic carbocycles. The Kier molecular flexibility index (Phi) is 7.92. The number of carbonyl (C=O) groups excluding carboxylic acids is 3. The predicted molar refractivity (Wildman–Crippen MR) is 128 cm³/mol. The SMILES string of the molecule is C=CCCOC(=O)[C@@H]1[C@H]2C(=O)N([C@H](C)CO)C(C(=O)N(CC=C)C(C)CCC)C23CC[C@@]1(C)O3. The third-order valence-corrected chi connectivity index (χ3v) is 7.86. The quantitative estimate of drug-likeness (QED) is 0.264. The number of esters is 1. The third-order valence-electron chi connectivity index (χ3n) is 7.86. The molecule has 3 unspecified atom stereocenters. The number of amides is 2. The van der Waals surface area contributed by atoms with Crippen LogP contribution in [0.5, 0.6) is 0 Å². The van der Waals surface area contributed by atoms with Gasteiger partial charge in [-0.25, -0.2) is 0 Å². The van der Waals surface area contributed by atoms with Gasteiger partial charge in [0.2, 0.25) is 11.8 Å². The van der Waals surface area contributed by atoms with Gasteiger partial charge in [0.25, 0.3) is 0 Å². The van der Waals surface area contributed by atoms with Crippen LogP contribution in [0.4, 0.5) is 0 Å². The van der Waals surface area contributed by atoms with E-state index in [0.717, 1.165) is 12.8 Å². The fourth-order valence-electron chi connectivity index (χ4n) is 6.25. The molecule has 0 aromatic carbocycles. The molecule has 3 fully saturated rings. The summed E-state index contributed by atoms with van der Waals surface area (Å²) in [7, 11) is 0. The highest BCUT2D eigenvalue weighted by Gasteiger charge is 2.79. The summed E-state index contributed by atoms with van der Waals surface area (Å²) in [5, 5.41) is 9.97. The van der Waals surface area contributed by atoms with E-state index >= 15 is 0 Å². The Morgan fingerprint density at radius 1 is 1.32 bits per heavy atom. The van der Waals surface area contributed by atoms with Crippen LogP contribution in [0.2, 0.25) is 0 Å². The van der Waals surface area contributed by atoms with Gasteiger partial charge in [0.05, 0.1) is 30.8 Å². The Balaban J connectivity index is 2.05. The topological polar surface area (TPSA) is 96.4 Å². The van der Waals surface area contributed by atoms with Crippen LogP contribution in [0.3, 0.4) is 0 Å². The largest absolute Gasteiger partial charge is 0.465 e. The summed E-state index contributed by atoms with van der Waals surface area (Å²) < 4.78 is 12.1. The maximum atomic E-state index is 14.1. The number of fused-ring (bicyclic) bond motifs is 1. The van der Waals surface area contributed by atoms with Gasteiger partial charge in [-0.15, -0.1) is 13.2 Å². The van der Waals surface area contributed by atoms with E-state index in [-0.39, 0.29) is 31.1 Å². The zero-order valence-corrected chi connectivity index (χ0v) is 21.0. The number of rotatable bonds is 12. The standard InChI is InChI=1S/C26H40N2O6/c1-7-10-15-33-24(32)20-19-22(30)28(18(5)16-29)21(26(19)13-12-25(20,6)34-26)23(31)27(14-9-3)17(4)11-8-2/h7,9,17-21,29H,1,3,8,10-16H2,2,4-6H3/t17?,18-,19+,20+,21?,25-,26?/m1/s1. The summed E-state index contributed by atoms with van der Waals surface area (Å²) in [6.07, 6.45) is 6.62. The number of carbonyl (C=O) groups is 3. The van der Waals surface area contributed by atoms with E-state index in [1.54, 1.807) is 24.0 Å². The fraction of sp³-hybridized carbons (Fsp3) is 0.731. The molecule has 3 aliphatic rings. The van der Waals surface area contributed by atoms with Gasteiger partial charge in [0, 0.05) is 12.6 Å². The molecule has 1 spiro atoms. The van der Waals surface area contributed by atoms with Crippen LogP contribution in [-0.2, 0) is 23.9 Å². The second-order valence-corrected chi connectivity index (χ2v) is 10.2. The Hall–Kier alpha value is -2.19. The monoisotopic (exact) mass is 476 g/mol. The zero-order valence-electron chi connectivity index (χ0n) is 21.0. The van der Waals surface area contributed by atoms with Crippen molar-refractivity contribution in [3.63, 3.8) is 0 Å². The van der Waals surface area contributed by atoms with Gasteiger partial charge < -0.3 is 24.4 Å². The van der Waals surface area contributed by atoms with Crippen LogP contribution in [0.25, 0.3) is 0 Å². The minimum atomic E-state index is -1.13.